The second-order valence-electron chi connectivity index (χ2n) is 7.57. The first-order chi connectivity index (χ1) is 15.4. The van der Waals surface area contributed by atoms with Crippen molar-refractivity contribution in [2.75, 3.05) is 24.4 Å². The van der Waals surface area contributed by atoms with Gasteiger partial charge in [-0.2, -0.15) is 0 Å². The van der Waals surface area contributed by atoms with E-state index in [4.69, 9.17) is 9.47 Å². The van der Waals surface area contributed by atoms with Crippen molar-refractivity contribution in [2.45, 2.75) is 13.8 Å². The summed E-state index contributed by atoms with van der Waals surface area (Å²) in [6.45, 7) is 3.93. The molecule has 1 aliphatic heterocycles. The number of imide groups is 1. The monoisotopic (exact) mass is 428 g/mol. The van der Waals surface area contributed by atoms with Gasteiger partial charge in [0.15, 0.2) is 0 Å². The van der Waals surface area contributed by atoms with Crippen molar-refractivity contribution in [2.24, 2.45) is 0 Å². The Labute approximate surface area is 187 Å². The van der Waals surface area contributed by atoms with E-state index in [1.54, 1.807) is 44.6 Å². The number of methoxy groups -OCH3 is 2. The summed E-state index contributed by atoms with van der Waals surface area (Å²) >= 11 is 0. The molecule has 0 unspecified atom stereocenters. The summed E-state index contributed by atoms with van der Waals surface area (Å²) in [4.78, 5) is 28.3. The lowest BCUT2D eigenvalue weighted by Gasteiger charge is -2.16. The first-order valence-corrected chi connectivity index (χ1v) is 10.2. The van der Waals surface area contributed by atoms with Gasteiger partial charge >= 0.3 is 0 Å². The largest absolute Gasteiger partial charge is 0.497 e. The molecule has 0 saturated heterocycles. The van der Waals surface area contributed by atoms with E-state index >= 15 is 0 Å². The molecule has 0 aromatic heterocycles. The summed E-state index contributed by atoms with van der Waals surface area (Å²) in [5, 5.41) is 3.17. The second kappa shape index (κ2) is 8.59. The van der Waals surface area contributed by atoms with Crippen molar-refractivity contribution in [1.29, 1.82) is 0 Å². The zero-order valence-electron chi connectivity index (χ0n) is 18.4. The maximum atomic E-state index is 13.6. The van der Waals surface area contributed by atoms with Gasteiger partial charge in [-0.15, -0.1) is 0 Å². The van der Waals surface area contributed by atoms with Gasteiger partial charge in [0.1, 0.15) is 17.2 Å². The zero-order valence-corrected chi connectivity index (χ0v) is 18.4. The lowest BCUT2D eigenvalue weighted by molar-refractivity contribution is -0.120. The number of anilines is 2. The third kappa shape index (κ3) is 3.83. The normalized spacial score (nSPS) is 13.6. The van der Waals surface area contributed by atoms with E-state index in [2.05, 4.69) is 5.32 Å². The highest BCUT2D eigenvalue weighted by atomic mass is 16.5. The molecule has 3 aromatic carbocycles. The Hall–Kier alpha value is -4.06. The van der Waals surface area contributed by atoms with Gasteiger partial charge in [0.2, 0.25) is 0 Å². The van der Waals surface area contributed by atoms with E-state index in [1.807, 2.05) is 50.2 Å². The Kier molecular flexibility index (Phi) is 5.69. The summed E-state index contributed by atoms with van der Waals surface area (Å²) < 4.78 is 10.6. The van der Waals surface area contributed by atoms with Gasteiger partial charge in [-0.25, -0.2) is 4.90 Å². The summed E-state index contributed by atoms with van der Waals surface area (Å²) in [7, 11) is 3.12. The summed E-state index contributed by atoms with van der Waals surface area (Å²) in [6, 6.07) is 19.9. The number of carbonyl (C=O) groups excluding carboxylic acids is 2. The van der Waals surface area contributed by atoms with Crippen LogP contribution in [0.5, 0.6) is 11.5 Å². The maximum Gasteiger partial charge on any atom is 0.282 e. The van der Waals surface area contributed by atoms with Gasteiger partial charge < -0.3 is 14.8 Å². The lowest BCUT2D eigenvalue weighted by atomic mass is 9.97. The molecule has 0 bridgehead atoms. The van der Waals surface area contributed by atoms with E-state index in [0.29, 0.717) is 34.0 Å². The Morgan fingerprint density at radius 2 is 1.47 bits per heavy atom. The van der Waals surface area contributed by atoms with E-state index < -0.39 is 5.91 Å². The van der Waals surface area contributed by atoms with Crippen molar-refractivity contribution in [3.63, 3.8) is 0 Å². The van der Waals surface area contributed by atoms with Crippen molar-refractivity contribution in [3.8, 4) is 11.5 Å². The molecule has 0 radical (unpaired) electrons. The number of nitrogens with one attached hydrogen (secondary N) is 1. The average molecular weight is 428 g/mol. The SMILES string of the molecule is COc1cccc(NC2=C(c3ccc(C)cc3C)C(=O)N(c3cccc(OC)c3)C2=O)c1. The zero-order chi connectivity index (χ0) is 22.8. The van der Waals surface area contributed by atoms with E-state index in [0.717, 1.165) is 11.1 Å². The van der Waals surface area contributed by atoms with Gasteiger partial charge in [-0.1, -0.05) is 35.9 Å². The highest BCUT2D eigenvalue weighted by Gasteiger charge is 2.40. The van der Waals surface area contributed by atoms with Crippen LogP contribution in [0, 0.1) is 13.8 Å². The molecule has 1 N–H and O–H groups in total. The number of amides is 2. The lowest BCUT2D eigenvalue weighted by Crippen LogP contribution is -2.32. The van der Waals surface area contributed by atoms with Crippen LogP contribution >= 0.6 is 0 Å². The van der Waals surface area contributed by atoms with Crippen LogP contribution in [0.1, 0.15) is 16.7 Å². The number of nitrogens with zero attached hydrogens (tertiary/aromatic N) is 1. The van der Waals surface area contributed by atoms with Crippen molar-refractivity contribution >= 4 is 28.8 Å². The molecule has 6 heteroatoms. The standard InChI is InChI=1S/C26H24N2O4/c1-16-11-12-22(17(2)13-16)23-24(27-18-7-5-9-20(14-18)31-3)26(30)28(25(23)29)19-8-6-10-21(15-19)32-4/h5-15,27H,1-4H3. The molecule has 32 heavy (non-hydrogen) atoms. The van der Waals surface area contributed by atoms with E-state index in [-0.39, 0.29) is 11.6 Å². The summed E-state index contributed by atoms with van der Waals surface area (Å²) in [5.74, 6) is 0.386. The number of hydrogen-bond acceptors (Lipinski definition) is 5. The van der Waals surface area contributed by atoms with Crippen LogP contribution in [-0.2, 0) is 9.59 Å². The number of rotatable bonds is 6. The third-order valence-electron chi connectivity index (χ3n) is 5.39. The summed E-state index contributed by atoms with van der Waals surface area (Å²) in [5.41, 5.74) is 4.36. The average Bonchev–Trinajstić information content (AvgIpc) is 3.03. The van der Waals surface area contributed by atoms with Crippen LogP contribution in [0.2, 0.25) is 0 Å². The third-order valence-corrected chi connectivity index (χ3v) is 5.39. The molecule has 0 aliphatic carbocycles. The smallest absolute Gasteiger partial charge is 0.282 e. The van der Waals surface area contributed by atoms with Crippen molar-refractivity contribution in [1.82, 2.24) is 0 Å². The number of aryl methyl sites for hydroxylation is 2. The van der Waals surface area contributed by atoms with Gasteiger partial charge in [-0.3, -0.25) is 9.59 Å². The van der Waals surface area contributed by atoms with Crippen LogP contribution in [0.15, 0.2) is 72.4 Å². The molecular weight excluding hydrogens is 404 g/mol. The molecule has 1 heterocycles. The first kappa shape index (κ1) is 21.2. The second-order valence-corrected chi connectivity index (χ2v) is 7.57. The van der Waals surface area contributed by atoms with Gasteiger partial charge in [0.25, 0.3) is 11.8 Å². The Bertz CT molecular complexity index is 1250. The van der Waals surface area contributed by atoms with E-state index in [9.17, 15) is 9.59 Å². The molecule has 0 atom stereocenters. The Morgan fingerprint density at radius 3 is 2.16 bits per heavy atom. The minimum atomic E-state index is -0.430. The van der Waals surface area contributed by atoms with Crippen LogP contribution in [0.3, 0.4) is 0 Å². The molecule has 162 valence electrons. The Balaban J connectivity index is 1.85. The van der Waals surface area contributed by atoms with Gasteiger partial charge in [0, 0.05) is 17.8 Å². The molecule has 0 spiro atoms. The highest BCUT2D eigenvalue weighted by molar-refractivity contribution is 6.46. The predicted molar refractivity (Wildman–Crippen MR) is 125 cm³/mol. The molecule has 3 aromatic rings. The topological polar surface area (TPSA) is 67.9 Å². The number of carbonyl (C=O) groups is 2. The fraction of sp³-hybridized carbons (Fsp3) is 0.154. The molecule has 2 amide bonds. The fourth-order valence-corrected chi connectivity index (χ4v) is 3.82. The van der Waals surface area contributed by atoms with Crippen molar-refractivity contribution < 1.29 is 19.1 Å². The molecule has 0 fully saturated rings. The molecule has 1 aliphatic rings. The van der Waals surface area contributed by atoms with Crippen LogP contribution < -0.4 is 19.7 Å². The minimum absolute atomic E-state index is 0.220. The predicted octanol–water partition coefficient (Wildman–Crippen LogP) is 4.72. The highest BCUT2D eigenvalue weighted by Crippen LogP contribution is 2.36. The summed E-state index contributed by atoms with van der Waals surface area (Å²) in [6.07, 6.45) is 0. The van der Waals surface area contributed by atoms with E-state index in [1.165, 1.54) is 4.90 Å². The van der Waals surface area contributed by atoms with Crippen molar-refractivity contribution in [3.05, 3.63) is 89.1 Å². The quantitative estimate of drug-likeness (QED) is 0.576. The molecule has 4 rings (SSSR count). The number of hydrogen-bond donors (Lipinski definition) is 1. The number of benzene rings is 3. The van der Waals surface area contributed by atoms with Crippen LogP contribution in [-0.4, -0.2) is 26.0 Å². The first-order valence-electron chi connectivity index (χ1n) is 10.2. The molecule has 0 saturated carbocycles. The van der Waals surface area contributed by atoms with Crippen LogP contribution in [0.4, 0.5) is 11.4 Å². The molecule has 6 nitrogen and oxygen atoms in total. The fourth-order valence-electron chi connectivity index (χ4n) is 3.82. The molecular formula is C26H24N2O4. The number of ether oxygens (including phenoxy) is 2. The Morgan fingerprint density at radius 1 is 0.781 bits per heavy atom. The minimum Gasteiger partial charge on any atom is -0.497 e. The van der Waals surface area contributed by atoms with Crippen LogP contribution in [0.25, 0.3) is 5.57 Å². The maximum absolute atomic E-state index is 13.6. The van der Waals surface area contributed by atoms with Gasteiger partial charge in [-0.05, 0) is 49.2 Å². The van der Waals surface area contributed by atoms with Gasteiger partial charge in [0.05, 0.1) is 25.5 Å².